The van der Waals surface area contributed by atoms with Crippen molar-refractivity contribution < 1.29 is 4.74 Å². The van der Waals surface area contributed by atoms with Gasteiger partial charge in [0, 0.05) is 12.6 Å². The summed E-state index contributed by atoms with van der Waals surface area (Å²) < 4.78 is 5.91. The molecular weight excluding hydrogens is 222 g/mol. The third-order valence-corrected chi connectivity index (χ3v) is 3.72. The first-order valence-electron chi connectivity index (χ1n) is 7.25. The number of unbranched alkanes of at least 4 members (excludes halogenated alkanes) is 1. The van der Waals surface area contributed by atoms with Crippen molar-refractivity contribution in [3.05, 3.63) is 35.9 Å². The topological polar surface area (TPSA) is 35.2 Å². The van der Waals surface area contributed by atoms with Gasteiger partial charge in [0.1, 0.15) is 0 Å². The number of aryl methyl sites for hydroxylation is 1. The molecule has 18 heavy (non-hydrogen) atoms. The highest BCUT2D eigenvalue weighted by molar-refractivity contribution is 5.14. The fraction of sp³-hybridized carbons (Fsp3) is 0.625. The van der Waals surface area contributed by atoms with Crippen LogP contribution >= 0.6 is 0 Å². The molecule has 1 saturated carbocycles. The highest BCUT2D eigenvalue weighted by Crippen LogP contribution is 2.20. The second-order valence-corrected chi connectivity index (χ2v) is 5.36. The number of benzene rings is 1. The minimum Gasteiger partial charge on any atom is -0.378 e. The lowest BCUT2D eigenvalue weighted by Crippen LogP contribution is -2.32. The van der Waals surface area contributed by atoms with Gasteiger partial charge in [-0.3, -0.25) is 0 Å². The normalized spacial score (nSPS) is 24.1. The van der Waals surface area contributed by atoms with Crippen LogP contribution in [0.1, 0.15) is 44.1 Å². The minimum absolute atomic E-state index is 0.369. The Labute approximate surface area is 111 Å². The molecule has 2 rings (SSSR count). The van der Waals surface area contributed by atoms with E-state index in [1.165, 1.54) is 31.2 Å². The molecule has 100 valence electrons. The summed E-state index contributed by atoms with van der Waals surface area (Å²) in [6.07, 6.45) is 8.61. The van der Waals surface area contributed by atoms with Crippen molar-refractivity contribution in [2.45, 2.75) is 57.1 Å². The van der Waals surface area contributed by atoms with E-state index in [-0.39, 0.29) is 0 Å². The lowest BCUT2D eigenvalue weighted by atomic mass is 9.93. The average molecular weight is 247 g/mol. The van der Waals surface area contributed by atoms with E-state index in [9.17, 15) is 0 Å². The van der Waals surface area contributed by atoms with E-state index in [1.807, 2.05) is 0 Å². The molecule has 1 aromatic carbocycles. The maximum atomic E-state index is 5.95. The Balaban J connectivity index is 1.53. The van der Waals surface area contributed by atoms with Gasteiger partial charge in [0.05, 0.1) is 6.10 Å². The van der Waals surface area contributed by atoms with Crippen molar-refractivity contribution in [3.8, 4) is 0 Å². The van der Waals surface area contributed by atoms with Gasteiger partial charge in [0.15, 0.2) is 0 Å². The monoisotopic (exact) mass is 247 g/mol. The predicted molar refractivity (Wildman–Crippen MR) is 75.6 cm³/mol. The summed E-state index contributed by atoms with van der Waals surface area (Å²) in [6, 6.07) is 11.0. The molecule has 2 atom stereocenters. The Morgan fingerprint density at radius 3 is 2.72 bits per heavy atom. The maximum Gasteiger partial charge on any atom is 0.0589 e. The maximum absolute atomic E-state index is 5.95. The third kappa shape index (κ3) is 4.79. The van der Waals surface area contributed by atoms with Crippen molar-refractivity contribution in [2.75, 3.05) is 6.61 Å². The Kier molecular flexibility index (Phi) is 5.69. The molecule has 0 saturated heterocycles. The minimum atomic E-state index is 0.369. The number of hydrogen-bond donors (Lipinski definition) is 1. The second-order valence-electron chi connectivity index (χ2n) is 5.36. The van der Waals surface area contributed by atoms with Crippen LogP contribution in [-0.4, -0.2) is 18.8 Å². The van der Waals surface area contributed by atoms with Gasteiger partial charge >= 0.3 is 0 Å². The SMILES string of the molecule is NC1CCCC(OCCCCc2ccccc2)C1. The van der Waals surface area contributed by atoms with Crippen molar-refractivity contribution in [1.29, 1.82) is 0 Å². The molecule has 0 bridgehead atoms. The quantitative estimate of drug-likeness (QED) is 0.783. The van der Waals surface area contributed by atoms with Crippen molar-refractivity contribution in [3.63, 3.8) is 0 Å². The fourth-order valence-corrected chi connectivity index (χ4v) is 2.66. The van der Waals surface area contributed by atoms with Gasteiger partial charge < -0.3 is 10.5 Å². The van der Waals surface area contributed by atoms with E-state index < -0.39 is 0 Å². The Morgan fingerprint density at radius 2 is 1.94 bits per heavy atom. The molecule has 2 unspecified atom stereocenters. The summed E-state index contributed by atoms with van der Waals surface area (Å²) in [6.45, 7) is 0.893. The predicted octanol–water partition coefficient (Wildman–Crippen LogP) is 3.30. The summed E-state index contributed by atoms with van der Waals surface area (Å²) in [5.41, 5.74) is 7.38. The fourth-order valence-electron chi connectivity index (χ4n) is 2.66. The molecule has 0 heterocycles. The zero-order valence-electron chi connectivity index (χ0n) is 11.2. The Hall–Kier alpha value is -0.860. The molecule has 1 aromatic rings. The van der Waals surface area contributed by atoms with Crippen LogP contribution < -0.4 is 5.73 Å². The molecular formula is C16H25NO. The number of rotatable bonds is 6. The van der Waals surface area contributed by atoms with Crippen LogP contribution in [0, 0.1) is 0 Å². The Bertz CT molecular complexity index is 325. The molecule has 2 nitrogen and oxygen atoms in total. The zero-order chi connectivity index (χ0) is 12.6. The third-order valence-electron chi connectivity index (χ3n) is 3.72. The lowest BCUT2D eigenvalue weighted by Gasteiger charge is -2.26. The van der Waals surface area contributed by atoms with Gasteiger partial charge in [-0.25, -0.2) is 0 Å². The molecule has 0 radical (unpaired) electrons. The van der Waals surface area contributed by atoms with E-state index in [0.29, 0.717) is 12.1 Å². The largest absolute Gasteiger partial charge is 0.378 e. The van der Waals surface area contributed by atoms with E-state index in [0.717, 1.165) is 25.9 Å². The van der Waals surface area contributed by atoms with Crippen LogP contribution in [0.2, 0.25) is 0 Å². The van der Waals surface area contributed by atoms with Crippen LogP contribution in [0.4, 0.5) is 0 Å². The summed E-state index contributed by atoms with van der Waals surface area (Å²) >= 11 is 0. The molecule has 1 aliphatic rings. The zero-order valence-corrected chi connectivity index (χ0v) is 11.2. The molecule has 0 aromatic heterocycles. The standard InChI is InChI=1S/C16H25NO/c17-15-10-6-11-16(13-15)18-12-5-4-9-14-7-2-1-3-8-14/h1-3,7-8,15-16H,4-6,9-13,17H2. The van der Waals surface area contributed by atoms with Gasteiger partial charge in [0.25, 0.3) is 0 Å². The van der Waals surface area contributed by atoms with E-state index in [2.05, 4.69) is 30.3 Å². The van der Waals surface area contributed by atoms with E-state index in [1.54, 1.807) is 0 Å². The van der Waals surface area contributed by atoms with Gasteiger partial charge in [0.2, 0.25) is 0 Å². The summed E-state index contributed by atoms with van der Waals surface area (Å²) in [5.74, 6) is 0. The van der Waals surface area contributed by atoms with E-state index >= 15 is 0 Å². The van der Waals surface area contributed by atoms with Crippen LogP contribution in [0.3, 0.4) is 0 Å². The number of ether oxygens (including phenoxy) is 1. The average Bonchev–Trinajstić information content (AvgIpc) is 2.40. The molecule has 1 fully saturated rings. The highest BCUT2D eigenvalue weighted by Gasteiger charge is 2.19. The molecule has 2 N–H and O–H groups in total. The summed E-state index contributed by atoms with van der Waals surface area (Å²) in [5, 5.41) is 0. The molecule has 0 spiro atoms. The second kappa shape index (κ2) is 7.55. The van der Waals surface area contributed by atoms with Crippen LogP contribution in [0.5, 0.6) is 0 Å². The first-order chi connectivity index (χ1) is 8.84. The number of nitrogens with two attached hydrogens (primary N) is 1. The molecule has 1 aliphatic carbocycles. The summed E-state index contributed by atoms with van der Waals surface area (Å²) in [7, 11) is 0. The smallest absolute Gasteiger partial charge is 0.0589 e. The first-order valence-corrected chi connectivity index (χ1v) is 7.25. The van der Waals surface area contributed by atoms with Crippen molar-refractivity contribution in [2.24, 2.45) is 5.73 Å². The Morgan fingerprint density at radius 1 is 1.11 bits per heavy atom. The van der Waals surface area contributed by atoms with Crippen LogP contribution in [0.25, 0.3) is 0 Å². The first kappa shape index (κ1) is 13.6. The van der Waals surface area contributed by atoms with Crippen LogP contribution in [-0.2, 0) is 11.2 Å². The van der Waals surface area contributed by atoms with Crippen molar-refractivity contribution in [1.82, 2.24) is 0 Å². The molecule has 2 heteroatoms. The van der Waals surface area contributed by atoms with Gasteiger partial charge in [-0.05, 0) is 50.5 Å². The molecule has 0 amide bonds. The highest BCUT2D eigenvalue weighted by atomic mass is 16.5. The number of hydrogen-bond acceptors (Lipinski definition) is 2. The lowest BCUT2D eigenvalue weighted by molar-refractivity contribution is 0.0217. The van der Waals surface area contributed by atoms with E-state index in [4.69, 9.17) is 10.5 Å². The van der Waals surface area contributed by atoms with Gasteiger partial charge in [-0.2, -0.15) is 0 Å². The van der Waals surface area contributed by atoms with Crippen LogP contribution in [0.15, 0.2) is 30.3 Å². The van der Waals surface area contributed by atoms with Gasteiger partial charge in [-0.1, -0.05) is 30.3 Å². The summed E-state index contributed by atoms with van der Waals surface area (Å²) in [4.78, 5) is 0. The molecule has 0 aliphatic heterocycles. The van der Waals surface area contributed by atoms with Gasteiger partial charge in [-0.15, -0.1) is 0 Å². The van der Waals surface area contributed by atoms with Crippen molar-refractivity contribution >= 4 is 0 Å².